The first-order valence-electron chi connectivity index (χ1n) is 21.5. The number of carboxylic acid groups (broad SMARTS) is 1. The zero-order valence-electron chi connectivity index (χ0n) is 36.6. The van der Waals surface area contributed by atoms with Gasteiger partial charge in [-0.1, -0.05) is 71.4 Å². The molecule has 2 aliphatic heterocycles. The molecule has 2 heterocycles. The van der Waals surface area contributed by atoms with Crippen molar-refractivity contribution in [2.75, 3.05) is 41.4 Å². The minimum absolute atomic E-state index is 0.0368. The molecule has 0 radical (unpaired) electrons. The Morgan fingerprint density at radius 1 is 0.949 bits per heavy atom. The molecule has 0 spiro atoms. The molecule has 5 amide bonds. The fourth-order valence-corrected chi connectivity index (χ4v) is 9.68. The average molecular weight is 827 g/mol. The number of nitrogens with zero attached hydrogens (tertiary/aromatic N) is 3. The SMILES string of the molecule is CC[C@H](C)[C@@H]([C@@H](CC(=O)N1CCC[C@H]1[C@H](OC)[C@@H](C)C(=O)N[C@@H](Cc1ccccc1)C(=O)O)OC)N(C)C(=O)[C@@H](NC(=O)[C@@H]1[C@H]2CC[C@@H](C2)N1C(=O)CCNC)C(C)C. The molecule has 3 fully saturated rings. The molecule has 1 aromatic carbocycles. The van der Waals surface area contributed by atoms with E-state index in [-0.39, 0.29) is 60.3 Å². The number of carboxylic acids is 1. The van der Waals surface area contributed by atoms with Gasteiger partial charge in [-0.25, -0.2) is 4.79 Å². The molecule has 0 unspecified atom stereocenters. The van der Waals surface area contributed by atoms with E-state index in [1.54, 1.807) is 35.7 Å². The number of fused-ring (bicyclic) bond motifs is 2. The molecule has 15 nitrogen and oxygen atoms in total. The maximum Gasteiger partial charge on any atom is 0.326 e. The topological polar surface area (TPSA) is 187 Å². The van der Waals surface area contributed by atoms with Crippen LogP contribution in [0.5, 0.6) is 0 Å². The maximum absolute atomic E-state index is 14.5. The van der Waals surface area contributed by atoms with Crippen molar-refractivity contribution >= 4 is 35.5 Å². The number of carbonyl (C=O) groups excluding carboxylic acids is 5. The van der Waals surface area contributed by atoms with Gasteiger partial charge >= 0.3 is 5.97 Å². The monoisotopic (exact) mass is 827 g/mol. The number of nitrogens with one attached hydrogen (secondary N) is 3. The van der Waals surface area contributed by atoms with Crippen molar-refractivity contribution in [3.63, 3.8) is 0 Å². The van der Waals surface area contributed by atoms with Crippen LogP contribution in [0.2, 0.25) is 0 Å². The summed E-state index contributed by atoms with van der Waals surface area (Å²) in [7, 11) is 6.51. The molecule has 4 N–H and O–H groups in total. The highest BCUT2D eigenvalue weighted by atomic mass is 16.5. The van der Waals surface area contributed by atoms with E-state index in [1.807, 2.05) is 58.0 Å². The number of aliphatic carboxylic acids is 1. The van der Waals surface area contributed by atoms with Crippen molar-refractivity contribution in [3.8, 4) is 0 Å². The van der Waals surface area contributed by atoms with Crippen molar-refractivity contribution in [2.45, 2.75) is 141 Å². The number of rotatable bonds is 22. The van der Waals surface area contributed by atoms with Crippen molar-refractivity contribution in [2.24, 2.45) is 23.7 Å². The first-order chi connectivity index (χ1) is 28.1. The summed E-state index contributed by atoms with van der Waals surface area (Å²) in [6.07, 6.45) is 3.49. The van der Waals surface area contributed by atoms with E-state index >= 15 is 0 Å². The normalized spacial score (nSPS) is 23.6. The lowest BCUT2D eigenvalue weighted by atomic mass is 9.89. The molecular weight excluding hydrogens is 757 g/mol. The van der Waals surface area contributed by atoms with E-state index in [0.717, 1.165) is 24.8 Å². The summed E-state index contributed by atoms with van der Waals surface area (Å²) in [4.78, 5) is 86.9. The summed E-state index contributed by atoms with van der Waals surface area (Å²) in [5.74, 6) is -3.55. The van der Waals surface area contributed by atoms with Crippen LogP contribution < -0.4 is 16.0 Å². The van der Waals surface area contributed by atoms with E-state index < -0.39 is 60.2 Å². The predicted molar refractivity (Wildman–Crippen MR) is 223 cm³/mol. The highest BCUT2D eigenvalue weighted by Crippen LogP contribution is 2.43. The molecular formula is C44H70N6O9. The van der Waals surface area contributed by atoms with Gasteiger partial charge in [-0.15, -0.1) is 0 Å². The van der Waals surface area contributed by atoms with Crippen molar-refractivity contribution < 1.29 is 43.3 Å². The molecule has 11 atom stereocenters. The lowest BCUT2D eigenvalue weighted by molar-refractivity contribution is -0.149. The van der Waals surface area contributed by atoms with Crippen molar-refractivity contribution in [3.05, 3.63) is 35.9 Å². The first kappa shape index (κ1) is 47.6. The fourth-order valence-electron chi connectivity index (χ4n) is 9.68. The third-order valence-electron chi connectivity index (χ3n) is 13.1. The Bertz CT molecular complexity index is 1600. The summed E-state index contributed by atoms with van der Waals surface area (Å²) >= 11 is 0. The van der Waals surface area contributed by atoms with Crippen LogP contribution in [0.4, 0.5) is 0 Å². The molecule has 0 aromatic heterocycles. The van der Waals surface area contributed by atoms with Gasteiger partial charge in [-0.05, 0) is 62.5 Å². The highest BCUT2D eigenvalue weighted by Gasteiger charge is 2.52. The smallest absolute Gasteiger partial charge is 0.326 e. The second-order valence-electron chi connectivity index (χ2n) is 17.2. The molecule has 1 aromatic rings. The summed E-state index contributed by atoms with van der Waals surface area (Å²) in [5.41, 5.74) is 0.778. The standard InChI is InChI=1S/C44H70N6O9/c1-10-27(4)38(48(7)43(55)37(26(2)3)47-42(54)39-30-18-19-31(24-30)50(39)35(51)20-21-45-6)34(58-8)25-36(52)49-22-14-17-33(49)40(59-9)28(5)41(53)46-32(44(56)57)23-29-15-12-11-13-16-29/h11-13,15-16,26-28,30-34,37-40,45H,10,14,17-25H2,1-9H3,(H,46,53)(H,47,54)(H,56,57)/t27-,28+,30-,31-,32-,33-,34+,37-,38-,39-,40+/m0/s1. The fraction of sp³-hybridized carbons (Fsp3) is 0.727. The zero-order chi connectivity index (χ0) is 43.6. The minimum atomic E-state index is -1.15. The average Bonchev–Trinajstić information content (AvgIpc) is 3.99. The van der Waals surface area contributed by atoms with E-state index in [0.29, 0.717) is 38.8 Å². The molecule has 4 rings (SSSR count). The Hall–Kier alpha value is -4.08. The Kier molecular flexibility index (Phi) is 17.7. The Morgan fingerprint density at radius 3 is 2.24 bits per heavy atom. The van der Waals surface area contributed by atoms with Crippen LogP contribution in [0, 0.1) is 23.7 Å². The van der Waals surface area contributed by atoms with E-state index in [9.17, 15) is 33.9 Å². The summed E-state index contributed by atoms with van der Waals surface area (Å²) in [6.45, 7) is 10.4. The lowest BCUT2D eigenvalue weighted by Gasteiger charge is -2.41. The zero-order valence-corrected chi connectivity index (χ0v) is 36.6. The van der Waals surface area contributed by atoms with Gasteiger partial charge in [0.2, 0.25) is 29.5 Å². The first-order valence-corrected chi connectivity index (χ1v) is 21.5. The van der Waals surface area contributed by atoms with Gasteiger partial charge in [-0.3, -0.25) is 24.0 Å². The lowest BCUT2D eigenvalue weighted by Crippen LogP contribution is -2.60. The summed E-state index contributed by atoms with van der Waals surface area (Å²) in [6, 6.07) is 5.53. The van der Waals surface area contributed by atoms with Crippen LogP contribution in [-0.4, -0.2) is 145 Å². The van der Waals surface area contributed by atoms with Crippen LogP contribution >= 0.6 is 0 Å². The number of hydrogen-bond acceptors (Lipinski definition) is 9. The summed E-state index contributed by atoms with van der Waals surface area (Å²) < 4.78 is 11.9. The number of methoxy groups -OCH3 is 2. The number of ether oxygens (including phenoxy) is 2. The number of hydrogen-bond donors (Lipinski definition) is 4. The van der Waals surface area contributed by atoms with Gasteiger partial charge in [-0.2, -0.15) is 0 Å². The second kappa shape index (κ2) is 22.0. The highest BCUT2D eigenvalue weighted by molar-refractivity contribution is 5.93. The number of amides is 5. The minimum Gasteiger partial charge on any atom is -0.480 e. The van der Waals surface area contributed by atoms with Crippen molar-refractivity contribution in [1.29, 1.82) is 0 Å². The molecule has 3 aliphatic rings. The van der Waals surface area contributed by atoms with E-state index in [4.69, 9.17) is 9.47 Å². The molecule has 330 valence electrons. The third kappa shape index (κ3) is 11.4. The van der Waals surface area contributed by atoms with Crippen molar-refractivity contribution in [1.82, 2.24) is 30.7 Å². The molecule has 59 heavy (non-hydrogen) atoms. The molecule has 2 saturated heterocycles. The van der Waals surface area contributed by atoms with Gasteiger partial charge in [0.1, 0.15) is 18.1 Å². The van der Waals surface area contributed by atoms with Crippen LogP contribution in [0.1, 0.15) is 91.5 Å². The van der Waals surface area contributed by atoms with Gasteiger partial charge < -0.3 is 45.2 Å². The van der Waals surface area contributed by atoms with Crippen LogP contribution in [0.15, 0.2) is 30.3 Å². The van der Waals surface area contributed by atoms with Gasteiger partial charge in [0.05, 0.1) is 36.6 Å². The van der Waals surface area contributed by atoms with Crippen LogP contribution in [-0.2, 0) is 44.7 Å². The van der Waals surface area contributed by atoms with E-state index in [1.165, 1.54) is 14.2 Å². The molecule has 1 saturated carbocycles. The molecule has 1 aliphatic carbocycles. The Balaban J connectivity index is 1.47. The van der Waals surface area contributed by atoms with Gasteiger partial charge in [0.25, 0.3) is 0 Å². The molecule has 15 heteroatoms. The molecule has 2 bridgehead atoms. The largest absolute Gasteiger partial charge is 0.480 e. The van der Waals surface area contributed by atoms with Crippen LogP contribution in [0.25, 0.3) is 0 Å². The number of piperidine rings is 1. The predicted octanol–water partition coefficient (Wildman–Crippen LogP) is 2.85. The number of likely N-dealkylation sites (N-methyl/N-ethyl adjacent to an activating group) is 1. The maximum atomic E-state index is 14.5. The third-order valence-corrected chi connectivity index (χ3v) is 13.1. The van der Waals surface area contributed by atoms with Gasteiger partial charge in [0, 0.05) is 53.2 Å². The quantitative estimate of drug-likeness (QED) is 0.136. The Labute approximate surface area is 350 Å². The second-order valence-corrected chi connectivity index (χ2v) is 17.2. The summed E-state index contributed by atoms with van der Waals surface area (Å²) in [5, 5.41) is 18.7. The number of likely N-dealkylation sites (tertiary alicyclic amines) is 2. The Morgan fingerprint density at radius 2 is 1.64 bits per heavy atom. The number of carbonyl (C=O) groups is 6. The van der Waals surface area contributed by atoms with Crippen LogP contribution in [0.3, 0.4) is 0 Å². The van der Waals surface area contributed by atoms with Gasteiger partial charge in [0.15, 0.2) is 0 Å². The number of benzene rings is 1. The van der Waals surface area contributed by atoms with E-state index in [2.05, 4.69) is 16.0 Å².